The molecule has 4 rings (SSSR count). The molecule has 0 aromatic rings. The maximum absolute atomic E-state index is 12.4. The highest BCUT2D eigenvalue weighted by Gasteiger charge is 2.84. The third-order valence-electron chi connectivity index (χ3n) is 7.34. The molecular weight excluding hydrogens is 332 g/mol. The van der Waals surface area contributed by atoms with Gasteiger partial charge in [0.25, 0.3) is 0 Å². The third kappa shape index (κ3) is 2.11. The first-order chi connectivity index (χ1) is 12.3. The number of epoxide rings is 1. The highest BCUT2D eigenvalue weighted by Crippen LogP contribution is 2.71. The summed E-state index contributed by atoms with van der Waals surface area (Å²) in [4.78, 5) is 12.4. The van der Waals surface area contributed by atoms with Crippen LogP contribution in [-0.4, -0.2) is 47.7 Å². The lowest BCUT2D eigenvalue weighted by atomic mass is 9.52. The number of carbonyl (C=O) groups excluding carboxylic acids is 1. The number of hydrogen-bond donors (Lipinski definition) is 1. The maximum atomic E-state index is 12.4. The Morgan fingerprint density at radius 3 is 2.77 bits per heavy atom. The summed E-state index contributed by atoms with van der Waals surface area (Å²) in [5.41, 5.74) is -0.0293. The van der Waals surface area contributed by atoms with E-state index >= 15 is 0 Å². The van der Waals surface area contributed by atoms with Crippen molar-refractivity contribution in [3.8, 4) is 0 Å². The van der Waals surface area contributed by atoms with E-state index in [4.69, 9.17) is 14.2 Å². The lowest BCUT2D eigenvalue weighted by molar-refractivity contribution is -0.210. The van der Waals surface area contributed by atoms with E-state index in [-0.39, 0.29) is 11.5 Å². The summed E-state index contributed by atoms with van der Waals surface area (Å²) < 4.78 is 18.1. The van der Waals surface area contributed by atoms with Crippen molar-refractivity contribution in [1.29, 1.82) is 0 Å². The topological polar surface area (TPSA) is 68.3 Å². The highest BCUT2D eigenvalue weighted by molar-refractivity contribution is 5.82. The van der Waals surface area contributed by atoms with E-state index in [1.807, 2.05) is 13.0 Å². The van der Waals surface area contributed by atoms with E-state index < -0.39 is 35.3 Å². The first-order valence-electron chi connectivity index (χ1n) is 9.45. The van der Waals surface area contributed by atoms with E-state index in [2.05, 4.69) is 26.8 Å². The molecule has 142 valence electrons. The number of carbonyl (C=O) groups is 1. The van der Waals surface area contributed by atoms with Gasteiger partial charge in [0.2, 0.25) is 0 Å². The van der Waals surface area contributed by atoms with Crippen LogP contribution in [0.5, 0.6) is 0 Å². The van der Waals surface area contributed by atoms with Gasteiger partial charge in [0.05, 0.1) is 12.7 Å². The molecule has 1 N–H and O–H groups in total. The van der Waals surface area contributed by atoms with Crippen LogP contribution in [0.2, 0.25) is 0 Å². The van der Waals surface area contributed by atoms with Gasteiger partial charge in [-0.2, -0.15) is 0 Å². The average molecular weight is 360 g/mol. The molecule has 7 atom stereocenters. The van der Waals surface area contributed by atoms with Gasteiger partial charge in [0.1, 0.15) is 23.9 Å². The van der Waals surface area contributed by atoms with E-state index in [0.29, 0.717) is 6.61 Å². The minimum absolute atomic E-state index is 0.0991. The summed E-state index contributed by atoms with van der Waals surface area (Å²) >= 11 is 0. The number of esters is 1. The summed E-state index contributed by atoms with van der Waals surface area (Å²) in [6.07, 6.45) is 8.61. The summed E-state index contributed by atoms with van der Waals surface area (Å²) in [6.45, 7) is 8.84. The Hall–Kier alpha value is -1.43. The van der Waals surface area contributed by atoms with E-state index in [9.17, 15) is 9.90 Å². The van der Waals surface area contributed by atoms with Crippen molar-refractivity contribution in [2.45, 2.75) is 70.6 Å². The summed E-state index contributed by atoms with van der Waals surface area (Å²) in [7, 11) is 0. The maximum Gasteiger partial charge on any atom is 0.331 e. The van der Waals surface area contributed by atoms with Gasteiger partial charge in [-0.15, -0.1) is 0 Å². The van der Waals surface area contributed by atoms with Crippen molar-refractivity contribution in [3.63, 3.8) is 0 Å². The molecule has 0 amide bonds. The highest BCUT2D eigenvalue weighted by atomic mass is 16.6. The molecule has 0 aromatic carbocycles. The minimum Gasteiger partial charge on any atom is -0.456 e. The van der Waals surface area contributed by atoms with E-state index in [0.717, 1.165) is 12.8 Å². The molecule has 26 heavy (non-hydrogen) atoms. The number of allylic oxidation sites excluding steroid dienone is 4. The van der Waals surface area contributed by atoms with Crippen LogP contribution in [-0.2, 0) is 19.0 Å². The van der Waals surface area contributed by atoms with Gasteiger partial charge >= 0.3 is 5.97 Å². The molecule has 3 fully saturated rings. The molecule has 4 aliphatic rings. The van der Waals surface area contributed by atoms with Crippen LogP contribution in [0.15, 0.2) is 36.0 Å². The lowest BCUT2D eigenvalue weighted by Gasteiger charge is -2.57. The molecule has 2 aliphatic heterocycles. The van der Waals surface area contributed by atoms with Gasteiger partial charge in [-0.3, -0.25) is 0 Å². The Morgan fingerprint density at radius 1 is 1.38 bits per heavy atom. The van der Waals surface area contributed by atoms with Crippen LogP contribution >= 0.6 is 0 Å². The first kappa shape index (κ1) is 18.0. The number of rotatable bonds is 3. The van der Waals surface area contributed by atoms with Crippen molar-refractivity contribution in [2.24, 2.45) is 10.8 Å². The fraction of sp³-hybridized carbons (Fsp3) is 0.667. The number of ether oxygens (including phenoxy) is 3. The molecule has 2 heterocycles. The fourth-order valence-corrected chi connectivity index (χ4v) is 5.48. The quantitative estimate of drug-likeness (QED) is 0.276. The Bertz CT molecular complexity index is 703. The van der Waals surface area contributed by atoms with Crippen molar-refractivity contribution in [3.05, 3.63) is 36.0 Å². The molecule has 2 aliphatic carbocycles. The van der Waals surface area contributed by atoms with Gasteiger partial charge in [-0.05, 0) is 26.7 Å². The fourth-order valence-electron chi connectivity index (χ4n) is 5.48. The van der Waals surface area contributed by atoms with Gasteiger partial charge < -0.3 is 19.3 Å². The first-order valence-corrected chi connectivity index (χ1v) is 9.45. The van der Waals surface area contributed by atoms with Crippen LogP contribution in [0.1, 0.15) is 40.5 Å². The summed E-state index contributed by atoms with van der Waals surface area (Å²) in [5, 5.41) is 11.0. The van der Waals surface area contributed by atoms with Gasteiger partial charge in [-0.25, -0.2) is 4.79 Å². The van der Waals surface area contributed by atoms with Crippen LogP contribution in [0, 0.1) is 10.8 Å². The molecule has 2 saturated heterocycles. The van der Waals surface area contributed by atoms with Crippen LogP contribution < -0.4 is 0 Å². The normalized spacial score (nSPS) is 49.5. The molecule has 1 saturated carbocycles. The zero-order valence-corrected chi connectivity index (χ0v) is 15.9. The molecule has 0 radical (unpaired) electrons. The van der Waals surface area contributed by atoms with Gasteiger partial charge in [-0.1, -0.05) is 43.7 Å². The molecule has 0 aromatic heterocycles. The monoisotopic (exact) mass is 360 g/mol. The number of fused-ring (bicyclic) bond motifs is 2. The molecule has 2 bridgehead atoms. The SMILES string of the molecule is C/C=C/C=C\C(=O)O[C@@H]1[C@@H](O)[C@H]2O[C@@H]3C=C(C)CC[C@]3(C)[C@]1(C)C21CO1. The number of aliphatic hydroxyl groups is 1. The molecule has 1 spiro atoms. The Morgan fingerprint density at radius 2 is 2.12 bits per heavy atom. The van der Waals surface area contributed by atoms with Crippen molar-refractivity contribution >= 4 is 5.97 Å². The Kier molecular flexibility index (Phi) is 3.99. The Labute approximate surface area is 154 Å². The van der Waals surface area contributed by atoms with Crippen molar-refractivity contribution < 1.29 is 24.1 Å². The Balaban J connectivity index is 1.71. The van der Waals surface area contributed by atoms with Crippen molar-refractivity contribution in [1.82, 2.24) is 0 Å². The van der Waals surface area contributed by atoms with Crippen LogP contribution in [0.25, 0.3) is 0 Å². The molecule has 1 unspecified atom stereocenters. The second kappa shape index (κ2) is 5.78. The zero-order chi connectivity index (χ0) is 18.7. The zero-order valence-electron chi connectivity index (χ0n) is 15.9. The predicted octanol–water partition coefficient (Wildman–Crippen LogP) is 2.69. The molecular formula is C21H28O5. The summed E-state index contributed by atoms with van der Waals surface area (Å²) in [6, 6.07) is 0. The summed E-state index contributed by atoms with van der Waals surface area (Å²) in [5.74, 6) is -0.445. The molecule has 5 nitrogen and oxygen atoms in total. The van der Waals surface area contributed by atoms with Crippen LogP contribution in [0.4, 0.5) is 0 Å². The third-order valence-corrected chi connectivity index (χ3v) is 7.34. The second-order valence-corrected chi connectivity index (χ2v) is 8.52. The smallest absolute Gasteiger partial charge is 0.331 e. The average Bonchev–Trinajstić information content (AvgIpc) is 3.38. The largest absolute Gasteiger partial charge is 0.456 e. The van der Waals surface area contributed by atoms with Gasteiger partial charge in [0, 0.05) is 16.9 Å². The predicted molar refractivity (Wildman–Crippen MR) is 96.4 cm³/mol. The standard InChI is InChI=1S/C21H28O5/c1-5-6-7-8-15(22)26-17-16(23)18-21(12-24-21)20(17,4)19(3)10-9-13(2)11-14(19)25-18/h5-8,11,14,16-18,23H,9-10,12H2,1-4H3/b6-5+,8-7-/t14-,16-,17-,18-,19+,20-,21?/m1/s1. The lowest BCUT2D eigenvalue weighted by Crippen LogP contribution is -2.63. The van der Waals surface area contributed by atoms with Gasteiger partial charge in [0.15, 0.2) is 0 Å². The number of hydrogen-bond acceptors (Lipinski definition) is 5. The second-order valence-electron chi connectivity index (χ2n) is 8.52. The molecule has 5 heteroatoms. The van der Waals surface area contributed by atoms with Crippen molar-refractivity contribution in [2.75, 3.05) is 6.61 Å². The minimum atomic E-state index is -0.891. The van der Waals surface area contributed by atoms with E-state index in [1.165, 1.54) is 11.6 Å². The number of aliphatic hydroxyl groups excluding tert-OH is 1. The van der Waals surface area contributed by atoms with E-state index in [1.54, 1.807) is 12.2 Å². The van der Waals surface area contributed by atoms with Crippen LogP contribution in [0.3, 0.4) is 0 Å².